The van der Waals surface area contributed by atoms with Gasteiger partial charge in [0.2, 0.25) is 11.8 Å². The third-order valence-electron chi connectivity index (χ3n) is 8.90. The molecular weight excluding hydrogens is 720 g/mol. The number of aromatic nitrogens is 2. The van der Waals surface area contributed by atoms with E-state index in [0.717, 1.165) is 40.6 Å². The Morgan fingerprint density at radius 1 is 0.691 bits per heavy atom. The fourth-order valence-corrected chi connectivity index (χ4v) is 5.83. The molecule has 0 unspecified atom stereocenters. The summed E-state index contributed by atoms with van der Waals surface area (Å²) in [5.41, 5.74) is 2.30. The molecule has 0 spiro atoms. The summed E-state index contributed by atoms with van der Waals surface area (Å²) in [4.78, 5) is 41.3. The second kappa shape index (κ2) is 18.0. The highest BCUT2D eigenvalue weighted by molar-refractivity contribution is 5.95. The number of halogens is 6. The lowest BCUT2D eigenvalue weighted by Gasteiger charge is -2.34. The van der Waals surface area contributed by atoms with Gasteiger partial charge < -0.3 is 14.7 Å². The molecule has 1 atom stereocenters. The van der Waals surface area contributed by atoms with Gasteiger partial charge in [0.1, 0.15) is 11.7 Å². The predicted octanol–water partition coefficient (Wildman–Crippen LogP) is 8.42. The number of hydrogen-bond acceptors (Lipinski definition) is 5. The fourth-order valence-electron chi connectivity index (χ4n) is 5.83. The molecule has 0 bridgehead atoms. The van der Waals surface area contributed by atoms with Gasteiger partial charge in [0.25, 0.3) is 0 Å². The number of carbonyl (C=O) groups is 2. The molecule has 2 heterocycles. The molecule has 55 heavy (non-hydrogen) atoms. The molecule has 5 aromatic rings. The van der Waals surface area contributed by atoms with Crippen LogP contribution in [0, 0.1) is 0 Å². The van der Waals surface area contributed by atoms with Gasteiger partial charge in [0.05, 0.1) is 11.3 Å². The van der Waals surface area contributed by atoms with E-state index in [1.54, 1.807) is 20.3 Å². The van der Waals surface area contributed by atoms with Gasteiger partial charge in [-0.25, -0.2) is 0 Å². The Hall–Kier alpha value is -5.82. The molecule has 0 saturated heterocycles. The van der Waals surface area contributed by atoms with Crippen molar-refractivity contribution in [3.05, 3.63) is 161 Å². The summed E-state index contributed by atoms with van der Waals surface area (Å²) in [5, 5.41) is 0. The van der Waals surface area contributed by atoms with Crippen LogP contribution in [0.15, 0.2) is 128 Å². The number of carbonyl (C=O) groups excluding carboxylic acids is 2. The lowest BCUT2D eigenvalue weighted by molar-refractivity contribution is -0.143. The standard InChI is InChI=1S/C42H39F6N5O2/c1-51(28-33-15-21-38(50-27-33)42(46,47)48)24-25-52(2)40(55)37(26-31-8-4-3-5-9-31)53(29-32-11-17-34(18-12-32)36-10-6-7-23-49-36)39(54)22-16-30-13-19-35(20-14-30)41(43,44)45/h3-23,27,37H,24-26,28-29H2,1-2H3/t37-/m0/s1. The lowest BCUT2D eigenvalue weighted by atomic mass is 10.0. The smallest absolute Gasteiger partial charge is 0.343 e. The maximum absolute atomic E-state index is 14.4. The van der Waals surface area contributed by atoms with Crippen molar-refractivity contribution in [1.82, 2.24) is 24.7 Å². The summed E-state index contributed by atoms with van der Waals surface area (Å²) in [6, 6.07) is 27.9. The van der Waals surface area contributed by atoms with Gasteiger partial charge in [-0.15, -0.1) is 0 Å². The molecule has 2 aromatic heterocycles. The van der Waals surface area contributed by atoms with Crippen molar-refractivity contribution < 1.29 is 35.9 Å². The number of alkyl halides is 6. The maximum atomic E-state index is 14.4. The van der Waals surface area contributed by atoms with Crippen molar-refractivity contribution in [2.75, 3.05) is 27.2 Å². The van der Waals surface area contributed by atoms with E-state index in [1.165, 1.54) is 46.3 Å². The van der Waals surface area contributed by atoms with E-state index in [9.17, 15) is 35.9 Å². The minimum Gasteiger partial charge on any atom is -0.343 e. The number of hydrogen-bond donors (Lipinski definition) is 0. The average Bonchev–Trinajstić information content (AvgIpc) is 3.17. The molecule has 0 N–H and O–H groups in total. The minimum absolute atomic E-state index is 0.0383. The van der Waals surface area contributed by atoms with Crippen LogP contribution >= 0.6 is 0 Å². The van der Waals surface area contributed by atoms with E-state index in [0.29, 0.717) is 17.7 Å². The van der Waals surface area contributed by atoms with Crippen LogP contribution < -0.4 is 0 Å². The van der Waals surface area contributed by atoms with Crippen molar-refractivity contribution in [3.63, 3.8) is 0 Å². The highest BCUT2D eigenvalue weighted by atomic mass is 19.4. The first-order valence-corrected chi connectivity index (χ1v) is 17.3. The Labute approximate surface area is 315 Å². The number of likely N-dealkylation sites (N-methyl/N-ethyl adjacent to an activating group) is 2. The predicted molar refractivity (Wildman–Crippen MR) is 198 cm³/mol. The molecule has 0 saturated carbocycles. The van der Waals surface area contributed by atoms with Gasteiger partial charge in [-0.1, -0.05) is 78.9 Å². The third kappa shape index (κ3) is 11.6. The maximum Gasteiger partial charge on any atom is 0.433 e. The van der Waals surface area contributed by atoms with Gasteiger partial charge in [0.15, 0.2) is 0 Å². The first kappa shape index (κ1) is 40.4. The quantitative estimate of drug-likeness (QED) is 0.0841. The molecule has 0 radical (unpaired) electrons. The van der Waals surface area contributed by atoms with Gasteiger partial charge in [-0.3, -0.25) is 19.6 Å². The first-order chi connectivity index (χ1) is 26.2. The van der Waals surface area contributed by atoms with E-state index in [-0.39, 0.29) is 32.0 Å². The average molecular weight is 760 g/mol. The van der Waals surface area contributed by atoms with Gasteiger partial charge in [-0.05, 0) is 65.7 Å². The van der Waals surface area contributed by atoms with Crippen molar-refractivity contribution in [2.45, 2.75) is 37.9 Å². The topological polar surface area (TPSA) is 69.6 Å². The summed E-state index contributed by atoms with van der Waals surface area (Å²) in [6.07, 6.45) is -3.35. The summed E-state index contributed by atoms with van der Waals surface area (Å²) in [5.74, 6) is -0.877. The van der Waals surface area contributed by atoms with Crippen LogP contribution in [0.1, 0.15) is 33.5 Å². The summed E-state index contributed by atoms with van der Waals surface area (Å²) < 4.78 is 78.4. The number of rotatable bonds is 14. The highest BCUT2D eigenvalue weighted by Gasteiger charge is 2.33. The van der Waals surface area contributed by atoms with Crippen LogP contribution in [0.2, 0.25) is 0 Å². The molecule has 5 rings (SSSR count). The number of benzene rings is 3. The van der Waals surface area contributed by atoms with E-state index in [1.807, 2.05) is 77.7 Å². The van der Waals surface area contributed by atoms with Crippen LogP contribution in [0.3, 0.4) is 0 Å². The Bertz CT molecular complexity index is 2020. The number of nitrogens with zero attached hydrogens (tertiary/aromatic N) is 5. The lowest BCUT2D eigenvalue weighted by Crippen LogP contribution is -2.51. The Morgan fingerprint density at radius 3 is 1.96 bits per heavy atom. The van der Waals surface area contributed by atoms with Gasteiger partial charge >= 0.3 is 12.4 Å². The van der Waals surface area contributed by atoms with E-state index >= 15 is 0 Å². The van der Waals surface area contributed by atoms with E-state index < -0.39 is 35.6 Å². The van der Waals surface area contributed by atoms with Crippen LogP contribution in [-0.2, 0) is 41.5 Å². The molecule has 7 nitrogen and oxygen atoms in total. The van der Waals surface area contributed by atoms with Crippen LogP contribution in [0.4, 0.5) is 26.3 Å². The normalized spacial score (nSPS) is 12.5. The Balaban J connectivity index is 1.40. The molecule has 0 aliphatic heterocycles. The molecule has 286 valence electrons. The summed E-state index contributed by atoms with van der Waals surface area (Å²) in [7, 11) is 3.39. The monoisotopic (exact) mass is 759 g/mol. The van der Waals surface area contributed by atoms with Gasteiger partial charge in [-0.2, -0.15) is 26.3 Å². The third-order valence-corrected chi connectivity index (χ3v) is 8.90. The van der Waals surface area contributed by atoms with Crippen molar-refractivity contribution in [3.8, 4) is 11.3 Å². The largest absolute Gasteiger partial charge is 0.433 e. The zero-order valence-electron chi connectivity index (χ0n) is 30.1. The van der Waals surface area contributed by atoms with Crippen LogP contribution in [-0.4, -0.2) is 69.7 Å². The zero-order chi connectivity index (χ0) is 39.6. The Kier molecular flexibility index (Phi) is 13.2. The van der Waals surface area contributed by atoms with Crippen LogP contribution in [0.25, 0.3) is 17.3 Å². The number of pyridine rings is 2. The Morgan fingerprint density at radius 2 is 1.36 bits per heavy atom. The second-order valence-corrected chi connectivity index (χ2v) is 13.1. The number of amides is 2. The molecule has 3 aromatic carbocycles. The summed E-state index contributed by atoms with van der Waals surface area (Å²) in [6.45, 7) is 0.917. The SMILES string of the molecule is CN(CCN(C)C(=O)[C@H](Cc1ccccc1)N(Cc1ccc(-c2ccccn2)cc1)C(=O)C=Cc1ccc(C(F)(F)F)cc1)Cc1ccc(C(F)(F)F)nc1. The zero-order valence-corrected chi connectivity index (χ0v) is 30.1. The van der Waals surface area contributed by atoms with E-state index in [2.05, 4.69) is 9.97 Å². The van der Waals surface area contributed by atoms with E-state index in [4.69, 9.17) is 0 Å². The molecule has 2 amide bonds. The first-order valence-electron chi connectivity index (χ1n) is 17.3. The van der Waals surface area contributed by atoms with Crippen molar-refractivity contribution >= 4 is 17.9 Å². The second-order valence-electron chi connectivity index (χ2n) is 13.1. The fraction of sp³-hybridized carbons (Fsp3) is 0.238. The molecule has 0 aliphatic carbocycles. The summed E-state index contributed by atoms with van der Waals surface area (Å²) >= 11 is 0. The minimum atomic E-state index is -4.54. The van der Waals surface area contributed by atoms with Crippen molar-refractivity contribution in [1.29, 1.82) is 0 Å². The molecular formula is C42H39F6N5O2. The molecule has 13 heteroatoms. The van der Waals surface area contributed by atoms with Gasteiger partial charge in [0, 0.05) is 63.7 Å². The highest BCUT2D eigenvalue weighted by Crippen LogP contribution is 2.30. The molecule has 0 fully saturated rings. The molecule has 0 aliphatic rings. The van der Waals surface area contributed by atoms with Crippen molar-refractivity contribution in [2.24, 2.45) is 0 Å². The van der Waals surface area contributed by atoms with Crippen LogP contribution in [0.5, 0.6) is 0 Å².